The van der Waals surface area contributed by atoms with Gasteiger partial charge in [-0.3, -0.25) is 9.59 Å². The number of amides is 1. The first-order chi connectivity index (χ1) is 12.2. The highest BCUT2D eigenvalue weighted by atomic mass is 32.2. The summed E-state index contributed by atoms with van der Waals surface area (Å²) in [5.74, 6) is -1.64. The van der Waals surface area contributed by atoms with Crippen molar-refractivity contribution in [2.24, 2.45) is 5.92 Å². The number of sulfonamides is 1. The van der Waals surface area contributed by atoms with Crippen LogP contribution in [0.2, 0.25) is 0 Å². The molecule has 10 heteroatoms. The third-order valence-electron chi connectivity index (χ3n) is 4.99. The van der Waals surface area contributed by atoms with E-state index in [9.17, 15) is 23.1 Å². The molecule has 0 aromatic carbocycles. The Balaban J connectivity index is 1.96. The van der Waals surface area contributed by atoms with Crippen molar-refractivity contribution in [3.63, 3.8) is 0 Å². The number of nitrogens with zero attached hydrogens (tertiary/aromatic N) is 2. The molecule has 0 aromatic rings. The van der Waals surface area contributed by atoms with E-state index < -0.39 is 34.7 Å². The van der Waals surface area contributed by atoms with E-state index in [1.807, 2.05) is 0 Å². The predicted octanol–water partition coefficient (Wildman–Crippen LogP) is -0.499. The van der Waals surface area contributed by atoms with E-state index in [0.29, 0.717) is 6.54 Å². The summed E-state index contributed by atoms with van der Waals surface area (Å²) in [5, 5.41) is 19.3. The second-order valence-corrected chi connectivity index (χ2v) is 9.05. The van der Waals surface area contributed by atoms with Crippen LogP contribution in [0.4, 0.5) is 0 Å². The average Bonchev–Trinajstić information content (AvgIpc) is 2.60. The molecule has 1 saturated carbocycles. The minimum absolute atomic E-state index is 0.0305. The number of rotatable bonds is 7. The number of aliphatic hydroxyl groups is 1. The lowest BCUT2D eigenvalue weighted by Gasteiger charge is -2.37. The molecule has 2 atom stereocenters. The Morgan fingerprint density at radius 2 is 1.92 bits per heavy atom. The molecule has 0 radical (unpaired) electrons. The van der Waals surface area contributed by atoms with Crippen LogP contribution in [0.1, 0.15) is 32.1 Å². The van der Waals surface area contributed by atoms with Crippen LogP contribution >= 0.6 is 0 Å². The van der Waals surface area contributed by atoms with Gasteiger partial charge < -0.3 is 19.8 Å². The van der Waals surface area contributed by atoms with E-state index in [-0.39, 0.29) is 31.5 Å². The number of aliphatic carboxylic acids is 1. The minimum atomic E-state index is -3.71. The van der Waals surface area contributed by atoms with Crippen molar-refractivity contribution >= 4 is 21.9 Å². The van der Waals surface area contributed by atoms with Gasteiger partial charge in [0.05, 0.1) is 19.0 Å². The van der Waals surface area contributed by atoms with Crippen molar-refractivity contribution in [1.29, 1.82) is 0 Å². The average molecular weight is 392 g/mol. The number of carbonyl (C=O) groups excluding carboxylic acids is 1. The summed E-state index contributed by atoms with van der Waals surface area (Å²) < 4.78 is 29.9. The highest BCUT2D eigenvalue weighted by Crippen LogP contribution is 2.27. The molecule has 2 unspecified atom stereocenters. The van der Waals surface area contributed by atoms with Gasteiger partial charge in [-0.05, 0) is 18.8 Å². The molecule has 2 aliphatic rings. The van der Waals surface area contributed by atoms with Gasteiger partial charge in [-0.1, -0.05) is 19.3 Å². The second-order valence-electron chi connectivity index (χ2n) is 7.07. The Morgan fingerprint density at radius 3 is 2.50 bits per heavy atom. The summed E-state index contributed by atoms with van der Waals surface area (Å²) >= 11 is 0. The van der Waals surface area contributed by atoms with Crippen molar-refractivity contribution in [2.45, 2.75) is 44.3 Å². The van der Waals surface area contributed by atoms with Gasteiger partial charge in [-0.2, -0.15) is 4.31 Å². The van der Waals surface area contributed by atoms with E-state index in [0.717, 1.165) is 42.7 Å². The quantitative estimate of drug-likeness (QED) is 0.598. The number of carboxylic acids is 1. The van der Waals surface area contributed by atoms with E-state index in [4.69, 9.17) is 9.84 Å². The number of aliphatic hydroxyl groups excluding tert-OH is 1. The number of carbonyl (C=O) groups is 2. The Labute approximate surface area is 154 Å². The fourth-order valence-corrected chi connectivity index (χ4v) is 4.35. The van der Waals surface area contributed by atoms with Crippen LogP contribution < -0.4 is 0 Å². The van der Waals surface area contributed by atoms with Gasteiger partial charge in [0.2, 0.25) is 10.0 Å². The van der Waals surface area contributed by atoms with Gasteiger partial charge in [0, 0.05) is 19.6 Å². The zero-order chi connectivity index (χ0) is 19.3. The monoisotopic (exact) mass is 392 g/mol. The lowest BCUT2D eigenvalue weighted by atomic mass is 9.85. The molecule has 1 aliphatic carbocycles. The van der Waals surface area contributed by atoms with Crippen molar-refractivity contribution in [3.8, 4) is 0 Å². The summed E-state index contributed by atoms with van der Waals surface area (Å²) in [7, 11) is -3.71. The molecule has 9 nitrogen and oxygen atoms in total. The summed E-state index contributed by atoms with van der Waals surface area (Å²) in [6.45, 7) is -0.116. The maximum absolute atomic E-state index is 12.6. The highest BCUT2D eigenvalue weighted by Gasteiger charge is 2.35. The maximum Gasteiger partial charge on any atom is 0.318 e. The first-order valence-electron chi connectivity index (χ1n) is 8.94. The number of morpholine rings is 1. The molecular formula is C16H28N2O7S. The van der Waals surface area contributed by atoms with Crippen molar-refractivity contribution in [3.05, 3.63) is 0 Å². The summed E-state index contributed by atoms with van der Waals surface area (Å²) in [6.07, 6.45) is 4.09. The molecule has 1 heterocycles. The van der Waals surface area contributed by atoms with Crippen LogP contribution in [-0.4, -0.2) is 91.0 Å². The molecule has 1 aliphatic heterocycles. The van der Waals surface area contributed by atoms with Gasteiger partial charge >= 0.3 is 5.97 Å². The first kappa shape index (κ1) is 21.1. The fraction of sp³-hybridized carbons (Fsp3) is 0.875. The van der Waals surface area contributed by atoms with Gasteiger partial charge in [-0.15, -0.1) is 0 Å². The fourth-order valence-electron chi connectivity index (χ4n) is 3.56. The van der Waals surface area contributed by atoms with Gasteiger partial charge in [0.25, 0.3) is 5.91 Å². The molecule has 0 aromatic heterocycles. The Morgan fingerprint density at radius 1 is 1.27 bits per heavy atom. The lowest BCUT2D eigenvalue weighted by Crippen LogP contribution is -2.54. The summed E-state index contributed by atoms with van der Waals surface area (Å²) in [6, 6.07) is 0. The van der Waals surface area contributed by atoms with E-state index in [2.05, 4.69) is 0 Å². The first-order valence-corrected chi connectivity index (χ1v) is 10.8. The largest absolute Gasteiger partial charge is 0.480 e. The lowest BCUT2D eigenvalue weighted by molar-refractivity contribution is -0.151. The van der Waals surface area contributed by atoms with E-state index in [1.165, 1.54) is 4.90 Å². The van der Waals surface area contributed by atoms with Crippen LogP contribution in [0.3, 0.4) is 0 Å². The number of hydrogen-bond acceptors (Lipinski definition) is 6. The summed E-state index contributed by atoms with van der Waals surface area (Å²) in [4.78, 5) is 25.0. The second kappa shape index (κ2) is 9.12. The number of carboxylic acid groups (broad SMARTS) is 1. The Kier molecular flexibility index (Phi) is 7.39. The van der Waals surface area contributed by atoms with E-state index in [1.54, 1.807) is 0 Å². The van der Waals surface area contributed by atoms with Crippen LogP contribution in [0.25, 0.3) is 0 Å². The van der Waals surface area contributed by atoms with E-state index >= 15 is 0 Å². The predicted molar refractivity (Wildman–Crippen MR) is 93.0 cm³/mol. The highest BCUT2D eigenvalue weighted by molar-refractivity contribution is 7.88. The molecule has 26 heavy (non-hydrogen) atoms. The van der Waals surface area contributed by atoms with Crippen molar-refractivity contribution in [2.75, 3.05) is 39.0 Å². The Bertz CT molecular complexity index is 604. The SMILES string of the molecule is CS(=O)(=O)N(CC(=O)O)CC1CN(C(=O)C(O)C2CCCCC2)CCO1. The van der Waals surface area contributed by atoms with Crippen molar-refractivity contribution < 1.29 is 33.0 Å². The van der Waals surface area contributed by atoms with Gasteiger partial charge in [-0.25, -0.2) is 8.42 Å². The van der Waals surface area contributed by atoms with Crippen LogP contribution in [-0.2, 0) is 24.3 Å². The third-order valence-corrected chi connectivity index (χ3v) is 6.20. The third kappa shape index (κ3) is 5.90. The molecule has 0 spiro atoms. The maximum atomic E-state index is 12.6. The molecule has 2 rings (SSSR count). The normalized spacial score (nSPS) is 23.8. The topological polar surface area (TPSA) is 124 Å². The molecule has 2 N–H and O–H groups in total. The zero-order valence-electron chi connectivity index (χ0n) is 15.0. The molecule has 0 bridgehead atoms. The minimum Gasteiger partial charge on any atom is -0.480 e. The van der Waals surface area contributed by atoms with Crippen LogP contribution in [0.15, 0.2) is 0 Å². The molecule has 2 fully saturated rings. The van der Waals surface area contributed by atoms with Crippen LogP contribution in [0, 0.1) is 5.92 Å². The van der Waals surface area contributed by atoms with Crippen molar-refractivity contribution in [1.82, 2.24) is 9.21 Å². The molecule has 1 saturated heterocycles. The summed E-state index contributed by atoms with van der Waals surface area (Å²) in [5.41, 5.74) is 0. The molecule has 150 valence electrons. The van der Waals surface area contributed by atoms with Crippen LogP contribution in [0.5, 0.6) is 0 Å². The number of hydrogen-bond donors (Lipinski definition) is 2. The van der Waals surface area contributed by atoms with Gasteiger partial charge in [0.1, 0.15) is 12.6 Å². The Hall–Kier alpha value is -1.23. The molecular weight excluding hydrogens is 364 g/mol. The smallest absolute Gasteiger partial charge is 0.318 e. The van der Waals surface area contributed by atoms with Gasteiger partial charge in [0.15, 0.2) is 0 Å². The standard InChI is InChI=1S/C16H28N2O7S/c1-26(23,24)18(11-14(19)20)10-13-9-17(7-8-25-13)16(22)15(21)12-5-3-2-4-6-12/h12-13,15,21H,2-11H2,1H3,(H,19,20). The number of ether oxygens (including phenoxy) is 1. The zero-order valence-corrected chi connectivity index (χ0v) is 15.9. The molecule has 1 amide bonds.